The fourth-order valence-electron chi connectivity index (χ4n) is 2.13. The molecule has 0 unspecified atom stereocenters. The minimum atomic E-state index is -0.458. The Balaban J connectivity index is 1.97. The molecular formula is C15H10N2O3. The van der Waals surface area contributed by atoms with E-state index in [0.717, 1.165) is 5.69 Å². The van der Waals surface area contributed by atoms with E-state index in [0.29, 0.717) is 16.8 Å². The van der Waals surface area contributed by atoms with Gasteiger partial charge in [-0.15, -0.1) is 0 Å². The molecule has 0 amide bonds. The topological polar surface area (TPSA) is 72.2 Å². The maximum Gasteiger partial charge on any atom is 0.270 e. The lowest BCUT2D eigenvalue weighted by Gasteiger charge is -1.99. The summed E-state index contributed by atoms with van der Waals surface area (Å²) in [6, 6.07) is 13.4. The summed E-state index contributed by atoms with van der Waals surface area (Å²) in [7, 11) is 0. The van der Waals surface area contributed by atoms with Gasteiger partial charge < -0.3 is 5.32 Å². The van der Waals surface area contributed by atoms with Crippen molar-refractivity contribution in [1.82, 2.24) is 0 Å². The van der Waals surface area contributed by atoms with Crippen LogP contribution in [-0.4, -0.2) is 10.7 Å². The zero-order chi connectivity index (χ0) is 14.1. The summed E-state index contributed by atoms with van der Waals surface area (Å²) in [5.74, 6) is -0.105. The molecule has 1 heterocycles. The van der Waals surface area contributed by atoms with E-state index in [9.17, 15) is 14.9 Å². The summed E-state index contributed by atoms with van der Waals surface area (Å²) < 4.78 is 0. The van der Waals surface area contributed by atoms with Gasteiger partial charge in [0.2, 0.25) is 5.78 Å². The number of fused-ring (bicyclic) bond motifs is 1. The fraction of sp³-hybridized carbons (Fsp3) is 0. The number of nitrogens with zero attached hydrogens (tertiary/aromatic N) is 1. The van der Waals surface area contributed by atoms with Crippen molar-refractivity contribution >= 4 is 23.2 Å². The third kappa shape index (κ3) is 2.05. The lowest BCUT2D eigenvalue weighted by atomic mass is 10.1. The molecule has 0 atom stereocenters. The number of carbonyl (C=O) groups excluding carboxylic acids is 1. The van der Waals surface area contributed by atoms with Gasteiger partial charge in [0.15, 0.2) is 0 Å². The van der Waals surface area contributed by atoms with E-state index in [4.69, 9.17) is 0 Å². The van der Waals surface area contributed by atoms with Crippen LogP contribution in [0.2, 0.25) is 0 Å². The Bertz CT molecular complexity index is 750. The molecule has 0 fully saturated rings. The van der Waals surface area contributed by atoms with Gasteiger partial charge in [0.05, 0.1) is 10.6 Å². The summed E-state index contributed by atoms with van der Waals surface area (Å²) in [5, 5.41) is 13.8. The van der Waals surface area contributed by atoms with Gasteiger partial charge in [0, 0.05) is 23.4 Å². The number of anilines is 1. The molecular weight excluding hydrogens is 256 g/mol. The van der Waals surface area contributed by atoms with Crippen LogP contribution in [0, 0.1) is 10.1 Å². The van der Waals surface area contributed by atoms with Crippen molar-refractivity contribution < 1.29 is 9.72 Å². The molecule has 0 radical (unpaired) electrons. The van der Waals surface area contributed by atoms with Crippen LogP contribution in [0.15, 0.2) is 54.2 Å². The average molecular weight is 266 g/mol. The number of non-ortho nitro benzene ring substituents is 1. The van der Waals surface area contributed by atoms with Crippen molar-refractivity contribution in [3.63, 3.8) is 0 Å². The maximum absolute atomic E-state index is 12.2. The van der Waals surface area contributed by atoms with E-state index in [1.165, 1.54) is 12.1 Å². The zero-order valence-corrected chi connectivity index (χ0v) is 10.4. The summed E-state index contributed by atoms with van der Waals surface area (Å²) in [4.78, 5) is 22.4. The van der Waals surface area contributed by atoms with E-state index in [2.05, 4.69) is 5.32 Å². The summed E-state index contributed by atoms with van der Waals surface area (Å²) in [5.41, 5.74) is 2.41. The Morgan fingerprint density at radius 3 is 2.65 bits per heavy atom. The highest BCUT2D eigenvalue weighted by Crippen LogP contribution is 2.28. The summed E-state index contributed by atoms with van der Waals surface area (Å²) in [6.07, 6.45) is 1.62. The van der Waals surface area contributed by atoms with Gasteiger partial charge >= 0.3 is 0 Å². The molecule has 1 N–H and O–H groups in total. The molecule has 0 aliphatic carbocycles. The van der Waals surface area contributed by atoms with Gasteiger partial charge in [-0.25, -0.2) is 0 Å². The Morgan fingerprint density at radius 2 is 1.90 bits per heavy atom. The van der Waals surface area contributed by atoms with Crippen LogP contribution in [0.5, 0.6) is 0 Å². The monoisotopic (exact) mass is 266 g/mol. The predicted molar refractivity (Wildman–Crippen MR) is 75.5 cm³/mol. The van der Waals surface area contributed by atoms with E-state index in [-0.39, 0.29) is 11.5 Å². The lowest BCUT2D eigenvalue weighted by molar-refractivity contribution is -0.384. The summed E-state index contributed by atoms with van der Waals surface area (Å²) in [6.45, 7) is 0. The van der Waals surface area contributed by atoms with Crippen LogP contribution < -0.4 is 5.32 Å². The summed E-state index contributed by atoms with van der Waals surface area (Å²) >= 11 is 0. The first-order valence-electron chi connectivity index (χ1n) is 6.02. The second-order valence-corrected chi connectivity index (χ2v) is 4.41. The standard InChI is InChI=1S/C15H10N2O3/c18-15-12-6-1-2-7-13(12)16-14(15)9-10-4-3-5-11(8-10)17(19)20/h1-9,16H/b14-9-. The van der Waals surface area contributed by atoms with E-state index < -0.39 is 4.92 Å². The zero-order valence-electron chi connectivity index (χ0n) is 10.4. The fourth-order valence-corrected chi connectivity index (χ4v) is 2.13. The number of nitro benzene ring substituents is 1. The van der Waals surface area contributed by atoms with Crippen LogP contribution in [0.1, 0.15) is 15.9 Å². The molecule has 98 valence electrons. The van der Waals surface area contributed by atoms with Crippen LogP contribution in [0.25, 0.3) is 6.08 Å². The third-order valence-electron chi connectivity index (χ3n) is 3.08. The highest BCUT2D eigenvalue weighted by Gasteiger charge is 2.23. The predicted octanol–water partition coefficient (Wildman–Crippen LogP) is 3.24. The van der Waals surface area contributed by atoms with Crippen LogP contribution in [0.4, 0.5) is 11.4 Å². The molecule has 0 saturated heterocycles. The normalized spacial score (nSPS) is 15.0. The first-order chi connectivity index (χ1) is 9.65. The largest absolute Gasteiger partial charge is 0.352 e. The Labute approximate surface area is 114 Å². The van der Waals surface area contributed by atoms with Gasteiger partial charge in [-0.1, -0.05) is 24.3 Å². The van der Waals surface area contributed by atoms with Crippen molar-refractivity contribution in [1.29, 1.82) is 0 Å². The quantitative estimate of drug-likeness (QED) is 0.514. The number of carbonyl (C=O) groups is 1. The van der Waals surface area contributed by atoms with Gasteiger partial charge in [-0.2, -0.15) is 0 Å². The smallest absolute Gasteiger partial charge is 0.270 e. The molecule has 1 aliphatic rings. The second-order valence-electron chi connectivity index (χ2n) is 4.41. The number of nitro groups is 1. The second kappa shape index (κ2) is 4.62. The van der Waals surface area contributed by atoms with Crippen molar-refractivity contribution in [2.24, 2.45) is 0 Å². The molecule has 5 nitrogen and oxygen atoms in total. The van der Waals surface area contributed by atoms with Crippen molar-refractivity contribution in [3.8, 4) is 0 Å². The van der Waals surface area contributed by atoms with Crippen LogP contribution in [-0.2, 0) is 0 Å². The molecule has 2 aromatic carbocycles. The molecule has 1 aliphatic heterocycles. The maximum atomic E-state index is 12.2. The number of para-hydroxylation sites is 1. The van der Waals surface area contributed by atoms with Gasteiger partial charge in [-0.05, 0) is 23.8 Å². The molecule has 0 spiro atoms. The molecule has 0 bridgehead atoms. The van der Waals surface area contributed by atoms with Gasteiger partial charge in [0.1, 0.15) is 0 Å². The first kappa shape index (κ1) is 12.1. The first-order valence-corrected chi connectivity index (χ1v) is 6.02. The number of hydrogen-bond donors (Lipinski definition) is 1. The number of benzene rings is 2. The SMILES string of the molecule is O=C1/C(=C/c2cccc([N+](=O)[O-])c2)Nc2ccccc21. The number of ketones is 1. The molecule has 0 saturated carbocycles. The van der Waals surface area contributed by atoms with E-state index >= 15 is 0 Å². The minimum absolute atomic E-state index is 0.00214. The van der Waals surface area contributed by atoms with Crippen molar-refractivity contribution in [2.45, 2.75) is 0 Å². The highest BCUT2D eigenvalue weighted by molar-refractivity contribution is 6.20. The van der Waals surface area contributed by atoms with Gasteiger partial charge in [-0.3, -0.25) is 14.9 Å². The number of allylic oxidation sites excluding steroid dienone is 1. The Kier molecular flexibility index (Phi) is 2.80. The van der Waals surface area contributed by atoms with Crippen molar-refractivity contribution in [2.75, 3.05) is 5.32 Å². The molecule has 0 aromatic heterocycles. The average Bonchev–Trinajstić information content (AvgIpc) is 2.76. The van der Waals surface area contributed by atoms with E-state index in [1.54, 1.807) is 30.3 Å². The lowest BCUT2D eigenvalue weighted by Crippen LogP contribution is -1.99. The number of hydrogen-bond acceptors (Lipinski definition) is 4. The van der Waals surface area contributed by atoms with Crippen molar-refractivity contribution in [3.05, 3.63) is 75.5 Å². The Hall–Kier alpha value is -2.95. The molecule has 20 heavy (non-hydrogen) atoms. The molecule has 3 rings (SSSR count). The minimum Gasteiger partial charge on any atom is -0.352 e. The van der Waals surface area contributed by atoms with Crippen LogP contribution >= 0.6 is 0 Å². The number of nitrogens with one attached hydrogen (secondary N) is 1. The Morgan fingerprint density at radius 1 is 1.10 bits per heavy atom. The van der Waals surface area contributed by atoms with Crippen LogP contribution in [0.3, 0.4) is 0 Å². The number of Topliss-reactive ketones (excluding diaryl/α,β-unsaturated/α-hetero) is 1. The molecule has 5 heteroatoms. The van der Waals surface area contributed by atoms with Gasteiger partial charge in [0.25, 0.3) is 5.69 Å². The molecule has 2 aromatic rings. The number of rotatable bonds is 2. The van der Waals surface area contributed by atoms with E-state index in [1.807, 2.05) is 12.1 Å². The third-order valence-corrected chi connectivity index (χ3v) is 3.08. The highest BCUT2D eigenvalue weighted by atomic mass is 16.6.